The average Bonchev–Trinajstić information content (AvgIpc) is 2.90. The first kappa shape index (κ1) is 16.7. The quantitative estimate of drug-likeness (QED) is 0.620. The Morgan fingerprint density at radius 1 is 1.32 bits per heavy atom. The molecule has 1 aliphatic heterocycles. The van der Waals surface area contributed by atoms with Gasteiger partial charge in [-0.15, -0.1) is 0 Å². The van der Waals surface area contributed by atoms with Gasteiger partial charge in [-0.2, -0.15) is 0 Å². The van der Waals surface area contributed by atoms with Gasteiger partial charge in [-0.05, 0) is 25.2 Å². The molecular formula is C17H26N2O3. The lowest BCUT2D eigenvalue weighted by molar-refractivity contribution is -0.146. The minimum atomic E-state index is -0.876. The van der Waals surface area contributed by atoms with E-state index >= 15 is 0 Å². The summed E-state index contributed by atoms with van der Waals surface area (Å²) in [5.41, 5.74) is -0.364. The Labute approximate surface area is 132 Å². The number of hydrogen-bond donors (Lipinski definition) is 0. The number of amides is 1. The van der Waals surface area contributed by atoms with Crippen LogP contribution in [-0.4, -0.2) is 35.3 Å². The van der Waals surface area contributed by atoms with Crippen molar-refractivity contribution in [3.8, 4) is 0 Å². The molecule has 0 saturated carbocycles. The number of Topliss-reactive ketones (excluding diaryl/α,β-unsaturated/α-hetero) is 1. The molecule has 0 spiro atoms. The van der Waals surface area contributed by atoms with Crippen molar-refractivity contribution in [3.63, 3.8) is 0 Å². The molecule has 2 rings (SSSR count). The summed E-state index contributed by atoms with van der Waals surface area (Å²) in [6.07, 6.45) is 3.10. The third kappa shape index (κ3) is 2.81. The van der Waals surface area contributed by atoms with Crippen molar-refractivity contribution in [1.82, 2.24) is 10.1 Å². The van der Waals surface area contributed by atoms with Crippen LogP contribution in [0.4, 0.5) is 0 Å². The second-order valence-corrected chi connectivity index (χ2v) is 7.38. The molecule has 1 aliphatic rings. The van der Waals surface area contributed by atoms with Crippen LogP contribution in [0.15, 0.2) is 10.6 Å². The molecule has 1 aromatic heterocycles. The molecule has 5 nitrogen and oxygen atoms in total. The monoisotopic (exact) mass is 306 g/mol. The van der Waals surface area contributed by atoms with Crippen molar-refractivity contribution in [2.45, 2.75) is 53.4 Å². The number of aromatic nitrogens is 1. The van der Waals surface area contributed by atoms with Crippen molar-refractivity contribution in [2.75, 3.05) is 13.6 Å². The Morgan fingerprint density at radius 2 is 2.00 bits per heavy atom. The van der Waals surface area contributed by atoms with Crippen LogP contribution >= 0.6 is 0 Å². The number of likely N-dealkylation sites (tertiary alicyclic amines) is 1. The molecule has 0 aliphatic carbocycles. The number of likely N-dealkylation sites (N-methyl/N-ethyl adjacent to an activating group) is 1. The normalized spacial score (nSPS) is 22.7. The van der Waals surface area contributed by atoms with Gasteiger partial charge in [-0.1, -0.05) is 32.3 Å². The maximum Gasteiger partial charge on any atom is 0.237 e. The molecule has 0 radical (unpaired) electrons. The molecule has 122 valence electrons. The maximum absolute atomic E-state index is 12.6. The van der Waals surface area contributed by atoms with Crippen LogP contribution in [-0.2, 0) is 16.0 Å². The molecule has 1 amide bonds. The fourth-order valence-corrected chi connectivity index (χ4v) is 3.45. The average molecular weight is 306 g/mol. The van der Waals surface area contributed by atoms with Gasteiger partial charge in [-0.25, -0.2) is 0 Å². The van der Waals surface area contributed by atoms with Crippen LogP contribution in [0, 0.1) is 17.8 Å². The maximum atomic E-state index is 12.6. The van der Waals surface area contributed by atoms with Gasteiger partial charge in [0.2, 0.25) is 5.91 Å². The van der Waals surface area contributed by atoms with E-state index in [1.165, 1.54) is 0 Å². The van der Waals surface area contributed by atoms with Gasteiger partial charge >= 0.3 is 0 Å². The fourth-order valence-electron chi connectivity index (χ4n) is 3.45. The predicted molar refractivity (Wildman–Crippen MR) is 83.3 cm³/mol. The highest BCUT2D eigenvalue weighted by molar-refractivity contribution is 6.13. The van der Waals surface area contributed by atoms with Crippen molar-refractivity contribution < 1.29 is 14.1 Å². The summed E-state index contributed by atoms with van der Waals surface area (Å²) in [6.45, 7) is 8.09. The van der Waals surface area contributed by atoms with E-state index in [-0.39, 0.29) is 23.7 Å². The van der Waals surface area contributed by atoms with E-state index in [4.69, 9.17) is 4.52 Å². The number of ketones is 1. The van der Waals surface area contributed by atoms with Crippen molar-refractivity contribution >= 4 is 11.7 Å². The third-order valence-corrected chi connectivity index (χ3v) is 4.75. The van der Waals surface area contributed by atoms with E-state index in [9.17, 15) is 9.59 Å². The van der Waals surface area contributed by atoms with Gasteiger partial charge in [0.05, 0.1) is 12.2 Å². The summed E-state index contributed by atoms with van der Waals surface area (Å²) in [7, 11) is 1.71. The van der Waals surface area contributed by atoms with Gasteiger partial charge in [0.25, 0.3) is 0 Å². The SMILES string of the molecule is Cc1cc(CCCCC2(C(C)(C)C)C(=O)CN(C)C2=O)on1. The molecule has 22 heavy (non-hydrogen) atoms. The lowest BCUT2D eigenvalue weighted by Gasteiger charge is -2.38. The number of carbonyl (C=O) groups excluding carboxylic acids is 2. The lowest BCUT2D eigenvalue weighted by Crippen LogP contribution is -2.46. The van der Waals surface area contributed by atoms with Crippen molar-refractivity contribution in [2.24, 2.45) is 10.8 Å². The molecular weight excluding hydrogens is 280 g/mol. The molecule has 1 fully saturated rings. The summed E-state index contributed by atoms with van der Waals surface area (Å²) in [5, 5.41) is 3.87. The number of hydrogen-bond acceptors (Lipinski definition) is 4. The second kappa shape index (κ2) is 5.86. The van der Waals surface area contributed by atoms with E-state index < -0.39 is 5.41 Å². The zero-order valence-corrected chi connectivity index (χ0v) is 14.2. The Balaban J connectivity index is 2.03. The zero-order chi connectivity index (χ0) is 16.5. The van der Waals surface area contributed by atoms with E-state index in [0.29, 0.717) is 6.42 Å². The molecule has 1 atom stereocenters. The molecule has 0 aromatic carbocycles. The summed E-state index contributed by atoms with van der Waals surface area (Å²) >= 11 is 0. The number of nitrogens with zero attached hydrogens (tertiary/aromatic N) is 2. The number of aryl methyl sites for hydroxylation is 2. The van der Waals surface area contributed by atoms with E-state index in [0.717, 1.165) is 30.7 Å². The van der Waals surface area contributed by atoms with E-state index in [2.05, 4.69) is 5.16 Å². The van der Waals surface area contributed by atoms with Crippen molar-refractivity contribution in [1.29, 1.82) is 0 Å². The molecule has 1 unspecified atom stereocenters. The molecule has 2 heterocycles. The van der Waals surface area contributed by atoms with Crippen LogP contribution in [0.2, 0.25) is 0 Å². The second-order valence-electron chi connectivity index (χ2n) is 7.38. The van der Waals surface area contributed by atoms with Crippen LogP contribution in [0.25, 0.3) is 0 Å². The van der Waals surface area contributed by atoms with Crippen LogP contribution < -0.4 is 0 Å². The lowest BCUT2D eigenvalue weighted by atomic mass is 9.62. The number of unbranched alkanes of at least 4 members (excludes halogenated alkanes) is 1. The summed E-state index contributed by atoms with van der Waals surface area (Å²) in [5.74, 6) is 0.895. The first-order valence-electron chi connectivity index (χ1n) is 7.89. The molecule has 5 heteroatoms. The predicted octanol–water partition coefficient (Wildman–Crippen LogP) is 2.77. The highest BCUT2D eigenvalue weighted by Gasteiger charge is 2.58. The smallest absolute Gasteiger partial charge is 0.237 e. The highest BCUT2D eigenvalue weighted by Crippen LogP contribution is 2.48. The van der Waals surface area contributed by atoms with Crippen LogP contribution in [0.3, 0.4) is 0 Å². The number of rotatable bonds is 5. The number of carbonyl (C=O) groups is 2. The minimum absolute atomic E-state index is 0.0273. The molecule has 0 N–H and O–H groups in total. The van der Waals surface area contributed by atoms with Gasteiger partial charge in [0.15, 0.2) is 5.78 Å². The summed E-state index contributed by atoms with van der Waals surface area (Å²) in [4.78, 5) is 26.7. The van der Waals surface area contributed by atoms with Gasteiger partial charge in [0.1, 0.15) is 11.2 Å². The van der Waals surface area contributed by atoms with E-state index in [1.54, 1.807) is 11.9 Å². The third-order valence-electron chi connectivity index (χ3n) is 4.75. The first-order chi connectivity index (χ1) is 10.2. The van der Waals surface area contributed by atoms with Gasteiger partial charge < -0.3 is 9.42 Å². The Bertz CT molecular complexity index is 571. The van der Waals surface area contributed by atoms with Gasteiger partial charge in [0, 0.05) is 19.5 Å². The summed E-state index contributed by atoms with van der Waals surface area (Å²) in [6, 6.07) is 1.93. The standard InChI is InChI=1S/C17H26N2O3/c1-12-10-13(22-18-12)8-6-7-9-17(16(2,3)4)14(20)11-19(5)15(17)21/h10H,6-9,11H2,1-5H3. The Kier molecular flexibility index (Phi) is 4.45. The Hall–Kier alpha value is -1.65. The molecule has 1 aromatic rings. The van der Waals surface area contributed by atoms with Crippen LogP contribution in [0.1, 0.15) is 51.5 Å². The fraction of sp³-hybridized carbons (Fsp3) is 0.706. The molecule has 1 saturated heterocycles. The van der Waals surface area contributed by atoms with Gasteiger partial charge in [-0.3, -0.25) is 9.59 Å². The minimum Gasteiger partial charge on any atom is -0.361 e. The highest BCUT2D eigenvalue weighted by atomic mass is 16.5. The molecule has 0 bridgehead atoms. The van der Waals surface area contributed by atoms with E-state index in [1.807, 2.05) is 33.8 Å². The zero-order valence-electron chi connectivity index (χ0n) is 14.2. The largest absolute Gasteiger partial charge is 0.361 e. The first-order valence-corrected chi connectivity index (χ1v) is 7.89. The van der Waals surface area contributed by atoms with Crippen molar-refractivity contribution in [3.05, 3.63) is 17.5 Å². The topological polar surface area (TPSA) is 63.4 Å². The van der Waals surface area contributed by atoms with Crippen LogP contribution in [0.5, 0.6) is 0 Å². The summed E-state index contributed by atoms with van der Waals surface area (Å²) < 4.78 is 5.20. The Morgan fingerprint density at radius 3 is 2.45 bits per heavy atom.